The molecule has 0 aromatic heterocycles. The summed E-state index contributed by atoms with van der Waals surface area (Å²) in [6.07, 6.45) is 70.1. The molecule has 3 unspecified atom stereocenters. The third kappa shape index (κ3) is 54.7. The highest BCUT2D eigenvalue weighted by molar-refractivity contribution is 7.47. The number of carbonyl (C=O) groups excluding carboxylic acids is 3. The van der Waals surface area contributed by atoms with Crippen molar-refractivity contribution in [3.63, 3.8) is 0 Å². The van der Waals surface area contributed by atoms with Gasteiger partial charge in [0.1, 0.15) is 12.7 Å². The standard InChI is InChI=1S/C64H105O11P/c1-4-7-10-13-16-19-22-25-28-29-30-31-34-37-40-43-46-49-52-55-64(68)75-61(57-71-62(66)53-50-47-44-41-38-35-32-26-23-20-17-14-11-8-5-2)59-73-76(69,70)72-58-60(56-65)74-63(67)54-51-48-45-42-39-36-33-27-24-21-18-15-12-9-6-3/h8-9,11-12,16-21,25-28,30-33,38,41,60-61,65H,4-7,10,13-15,22-24,29,34-37,39-40,42-59H2,1-3H3,(H,69,70)/b11-8-,12-9-,19-16-,20-17-,21-18-,28-25-,31-30-,32-26-,33-27-,41-38-. The average molecular weight is 1080 g/mol. The van der Waals surface area contributed by atoms with Crippen LogP contribution in [0.15, 0.2) is 122 Å². The predicted molar refractivity (Wildman–Crippen MR) is 316 cm³/mol. The summed E-state index contributed by atoms with van der Waals surface area (Å²) in [5.74, 6) is -1.56. The molecule has 0 aliphatic carbocycles. The van der Waals surface area contributed by atoms with Crippen molar-refractivity contribution in [2.75, 3.05) is 26.4 Å². The molecule has 432 valence electrons. The molecule has 0 aliphatic rings. The number of phosphoric acid groups is 1. The number of allylic oxidation sites excluding steroid dienone is 20. The minimum absolute atomic E-state index is 0.136. The minimum Gasteiger partial charge on any atom is -0.462 e. The maximum atomic E-state index is 12.9. The summed E-state index contributed by atoms with van der Waals surface area (Å²) < 4.78 is 39.5. The SMILES string of the molecule is CC/C=C\C/C=C\C/C=C\C/C=C\CCCCC(=O)OCC(COP(=O)(O)OCC(CO)OC(=O)CCCCCCC/C=C\C/C=C\C/C=C\CC)OC(=O)CCCCCCCC/C=C\C/C=C\C/C=C\CCCCC. The zero-order chi connectivity index (χ0) is 55.5. The zero-order valence-corrected chi connectivity index (χ0v) is 48.6. The number of aliphatic hydroxyl groups excluding tert-OH is 1. The number of hydrogen-bond donors (Lipinski definition) is 2. The predicted octanol–water partition coefficient (Wildman–Crippen LogP) is 17.6. The fourth-order valence-corrected chi connectivity index (χ4v) is 8.21. The molecule has 2 N–H and O–H groups in total. The molecule has 0 rings (SSSR count). The van der Waals surface area contributed by atoms with Gasteiger partial charge >= 0.3 is 25.7 Å². The van der Waals surface area contributed by atoms with Gasteiger partial charge in [0.25, 0.3) is 0 Å². The number of phosphoric ester groups is 1. The molecule has 0 fully saturated rings. The molecule has 0 radical (unpaired) electrons. The van der Waals surface area contributed by atoms with Crippen LogP contribution in [0, 0.1) is 0 Å². The highest BCUT2D eigenvalue weighted by Gasteiger charge is 2.28. The number of rotatable bonds is 53. The summed E-state index contributed by atoms with van der Waals surface area (Å²) in [6.45, 7) is 4.30. The monoisotopic (exact) mass is 1080 g/mol. The van der Waals surface area contributed by atoms with Crippen molar-refractivity contribution in [3.8, 4) is 0 Å². The molecule has 0 heterocycles. The second-order valence-corrected chi connectivity index (χ2v) is 20.5. The topological polar surface area (TPSA) is 155 Å². The van der Waals surface area contributed by atoms with E-state index in [9.17, 15) is 28.9 Å². The van der Waals surface area contributed by atoms with Crippen LogP contribution in [0.3, 0.4) is 0 Å². The molecule has 0 saturated heterocycles. The van der Waals surface area contributed by atoms with E-state index in [1.807, 2.05) is 0 Å². The van der Waals surface area contributed by atoms with Crippen molar-refractivity contribution in [2.24, 2.45) is 0 Å². The normalized spacial score (nSPS) is 14.2. The van der Waals surface area contributed by atoms with Crippen LogP contribution in [-0.2, 0) is 42.2 Å². The van der Waals surface area contributed by atoms with Crippen molar-refractivity contribution >= 4 is 25.7 Å². The number of ether oxygens (including phenoxy) is 3. The first-order chi connectivity index (χ1) is 37.2. The van der Waals surface area contributed by atoms with Gasteiger partial charge in [0.05, 0.1) is 19.8 Å². The summed E-state index contributed by atoms with van der Waals surface area (Å²) in [5, 5.41) is 9.82. The lowest BCUT2D eigenvalue weighted by Gasteiger charge is -2.21. The van der Waals surface area contributed by atoms with Crippen LogP contribution < -0.4 is 0 Å². The fourth-order valence-electron chi connectivity index (χ4n) is 7.43. The quantitative estimate of drug-likeness (QED) is 0.0197. The highest BCUT2D eigenvalue weighted by atomic mass is 31.2. The van der Waals surface area contributed by atoms with Gasteiger partial charge in [-0.1, -0.05) is 200 Å². The first-order valence-electron chi connectivity index (χ1n) is 29.4. The van der Waals surface area contributed by atoms with Crippen molar-refractivity contribution in [3.05, 3.63) is 122 Å². The van der Waals surface area contributed by atoms with E-state index < -0.39 is 57.8 Å². The summed E-state index contributed by atoms with van der Waals surface area (Å²) in [4.78, 5) is 48.6. The van der Waals surface area contributed by atoms with E-state index in [1.54, 1.807) is 0 Å². The van der Waals surface area contributed by atoms with Crippen molar-refractivity contribution in [2.45, 2.75) is 238 Å². The van der Waals surface area contributed by atoms with Gasteiger partial charge in [0, 0.05) is 19.3 Å². The van der Waals surface area contributed by atoms with Crippen molar-refractivity contribution in [1.82, 2.24) is 0 Å². The Labute approximate surface area is 462 Å². The van der Waals surface area contributed by atoms with Crippen LogP contribution in [0.4, 0.5) is 0 Å². The summed E-state index contributed by atoms with van der Waals surface area (Å²) in [6, 6.07) is 0. The molecule has 0 amide bonds. The first kappa shape index (κ1) is 71.9. The highest BCUT2D eigenvalue weighted by Crippen LogP contribution is 2.43. The van der Waals surface area contributed by atoms with Crippen LogP contribution in [0.5, 0.6) is 0 Å². The Balaban J connectivity index is 4.83. The minimum atomic E-state index is -4.77. The molecule has 11 nitrogen and oxygen atoms in total. The Morgan fingerprint density at radius 3 is 1.08 bits per heavy atom. The van der Waals surface area contributed by atoms with Crippen LogP contribution >= 0.6 is 7.82 Å². The lowest BCUT2D eigenvalue weighted by molar-refractivity contribution is -0.161. The lowest BCUT2D eigenvalue weighted by Crippen LogP contribution is -2.30. The van der Waals surface area contributed by atoms with Gasteiger partial charge in [-0.25, -0.2) is 4.57 Å². The molecular formula is C64H105O11P. The molecule has 0 aromatic carbocycles. The lowest BCUT2D eigenvalue weighted by atomic mass is 10.1. The molecular weight excluding hydrogens is 976 g/mol. The number of esters is 3. The van der Waals surface area contributed by atoms with Gasteiger partial charge in [-0.05, 0) is 128 Å². The maximum Gasteiger partial charge on any atom is 0.472 e. The smallest absolute Gasteiger partial charge is 0.462 e. The van der Waals surface area contributed by atoms with Crippen LogP contribution in [0.2, 0.25) is 0 Å². The van der Waals surface area contributed by atoms with Crippen molar-refractivity contribution < 1.29 is 52.2 Å². The molecule has 0 bridgehead atoms. The third-order valence-electron chi connectivity index (χ3n) is 11.8. The molecule has 0 spiro atoms. The number of unbranched alkanes of at least 4 members (excludes halogenated alkanes) is 16. The van der Waals surface area contributed by atoms with Gasteiger partial charge in [0.15, 0.2) is 6.10 Å². The Morgan fingerprint density at radius 2 is 0.684 bits per heavy atom. The van der Waals surface area contributed by atoms with Crippen molar-refractivity contribution in [1.29, 1.82) is 0 Å². The Morgan fingerprint density at radius 1 is 0.382 bits per heavy atom. The van der Waals surface area contributed by atoms with E-state index in [2.05, 4.69) is 142 Å². The maximum absolute atomic E-state index is 12.9. The summed E-state index contributed by atoms with van der Waals surface area (Å²) in [7, 11) is -4.77. The van der Waals surface area contributed by atoms with Gasteiger partial charge in [-0.2, -0.15) is 0 Å². The third-order valence-corrected chi connectivity index (χ3v) is 12.8. The van der Waals surface area contributed by atoms with Gasteiger partial charge in [-0.15, -0.1) is 0 Å². The summed E-state index contributed by atoms with van der Waals surface area (Å²) >= 11 is 0. The molecule has 76 heavy (non-hydrogen) atoms. The largest absolute Gasteiger partial charge is 0.472 e. The number of carbonyl (C=O) groups is 3. The molecule has 0 saturated carbocycles. The average Bonchev–Trinajstić information content (AvgIpc) is 3.41. The molecule has 3 atom stereocenters. The van der Waals surface area contributed by atoms with E-state index in [0.29, 0.717) is 19.3 Å². The van der Waals surface area contributed by atoms with E-state index in [-0.39, 0.29) is 25.9 Å². The Hall–Kier alpha value is -4.12. The molecule has 0 aromatic rings. The van der Waals surface area contributed by atoms with E-state index >= 15 is 0 Å². The molecule has 12 heteroatoms. The second kappa shape index (κ2) is 57.1. The number of aliphatic hydroxyl groups is 1. The Kier molecular flexibility index (Phi) is 54.0. The zero-order valence-electron chi connectivity index (χ0n) is 47.7. The fraction of sp³-hybridized carbons (Fsp3) is 0.641. The Bertz CT molecular complexity index is 1740. The second-order valence-electron chi connectivity index (χ2n) is 19.0. The van der Waals surface area contributed by atoms with E-state index in [4.69, 9.17) is 23.3 Å². The van der Waals surface area contributed by atoms with Crippen LogP contribution in [0.1, 0.15) is 226 Å². The van der Waals surface area contributed by atoms with Gasteiger partial charge in [-0.3, -0.25) is 23.4 Å². The van der Waals surface area contributed by atoms with Gasteiger partial charge in [0.2, 0.25) is 0 Å². The van der Waals surface area contributed by atoms with Gasteiger partial charge < -0.3 is 24.2 Å². The molecule has 0 aliphatic heterocycles. The number of hydrogen-bond acceptors (Lipinski definition) is 10. The van der Waals surface area contributed by atoms with E-state index in [0.717, 1.165) is 141 Å². The van der Waals surface area contributed by atoms with E-state index in [1.165, 1.54) is 25.7 Å². The van der Waals surface area contributed by atoms with Crippen LogP contribution in [-0.4, -0.2) is 66.5 Å². The van der Waals surface area contributed by atoms with Crippen LogP contribution in [0.25, 0.3) is 0 Å². The first-order valence-corrected chi connectivity index (χ1v) is 30.9. The summed E-state index contributed by atoms with van der Waals surface area (Å²) in [5.41, 5.74) is 0.